The summed E-state index contributed by atoms with van der Waals surface area (Å²) >= 11 is 5.11. The largest absolute Gasteiger partial charge is 0.332 e. The number of alkyl halides is 1. The van der Waals surface area contributed by atoms with E-state index in [-0.39, 0.29) is 5.25 Å². The molecule has 0 aromatic carbocycles. The fourth-order valence-electron chi connectivity index (χ4n) is 1.17. The van der Waals surface area contributed by atoms with E-state index in [9.17, 15) is 4.79 Å². The molecular formula is C8H14BrNOS. The van der Waals surface area contributed by atoms with E-state index in [1.807, 2.05) is 11.8 Å². The molecule has 1 rings (SSSR count). The van der Waals surface area contributed by atoms with Crippen molar-refractivity contribution in [3.05, 3.63) is 0 Å². The number of amides is 1. The van der Waals surface area contributed by atoms with E-state index in [1.165, 1.54) is 0 Å². The van der Waals surface area contributed by atoms with Crippen LogP contribution in [0.1, 0.15) is 19.8 Å². The Hall–Kier alpha value is 0.300. The highest BCUT2D eigenvalue weighted by Gasteiger charge is 2.27. The zero-order valence-corrected chi connectivity index (χ0v) is 9.66. The van der Waals surface area contributed by atoms with Crippen LogP contribution in [-0.4, -0.2) is 33.8 Å². The first-order chi connectivity index (χ1) is 5.75. The minimum absolute atomic E-state index is 0.189. The van der Waals surface area contributed by atoms with E-state index in [0.717, 1.165) is 30.6 Å². The second kappa shape index (κ2) is 5.12. The molecule has 0 radical (unpaired) electrons. The normalized spacial score (nSPS) is 23.7. The number of hydrogen-bond donors (Lipinski definition) is 0. The highest BCUT2D eigenvalue weighted by Crippen LogP contribution is 2.23. The van der Waals surface area contributed by atoms with Gasteiger partial charge >= 0.3 is 0 Å². The fourth-order valence-corrected chi connectivity index (χ4v) is 2.51. The third-order valence-corrected chi connectivity index (χ3v) is 3.67. The van der Waals surface area contributed by atoms with Gasteiger partial charge in [0.05, 0.1) is 11.1 Å². The molecule has 12 heavy (non-hydrogen) atoms. The van der Waals surface area contributed by atoms with Crippen LogP contribution in [0, 0.1) is 0 Å². The molecule has 0 N–H and O–H groups in total. The molecule has 1 aliphatic heterocycles. The molecule has 70 valence electrons. The van der Waals surface area contributed by atoms with Gasteiger partial charge in [0.1, 0.15) is 0 Å². The first-order valence-corrected chi connectivity index (χ1v) is 6.39. The summed E-state index contributed by atoms with van der Waals surface area (Å²) in [4.78, 5) is 13.3. The van der Waals surface area contributed by atoms with Crippen LogP contribution in [0.3, 0.4) is 0 Å². The molecule has 0 bridgehead atoms. The predicted molar refractivity (Wildman–Crippen MR) is 56.7 cm³/mol. The minimum Gasteiger partial charge on any atom is -0.332 e. The summed E-state index contributed by atoms with van der Waals surface area (Å²) in [5.74, 6) is 1.21. The van der Waals surface area contributed by atoms with E-state index in [1.54, 1.807) is 11.8 Å². The molecule has 4 heteroatoms. The minimum atomic E-state index is 0.189. The second-order valence-corrected chi connectivity index (χ2v) is 5.03. The van der Waals surface area contributed by atoms with Crippen molar-refractivity contribution in [3.8, 4) is 0 Å². The first-order valence-electron chi connectivity index (χ1n) is 4.22. The van der Waals surface area contributed by atoms with E-state index in [2.05, 4.69) is 15.9 Å². The number of thioether (sulfide) groups is 1. The zero-order valence-electron chi connectivity index (χ0n) is 7.25. The Kier molecular flexibility index (Phi) is 4.43. The lowest BCUT2D eigenvalue weighted by Crippen LogP contribution is -2.29. The Morgan fingerprint density at radius 2 is 2.42 bits per heavy atom. The summed E-state index contributed by atoms with van der Waals surface area (Å²) in [6, 6.07) is 0. The van der Waals surface area contributed by atoms with Crippen molar-refractivity contribution >= 4 is 33.6 Å². The fraction of sp³-hybridized carbons (Fsp3) is 0.875. The molecule has 1 amide bonds. The number of nitrogens with zero attached hydrogens (tertiary/aromatic N) is 1. The molecule has 0 aliphatic carbocycles. The summed E-state index contributed by atoms with van der Waals surface area (Å²) in [6.07, 6.45) is 2.27. The highest BCUT2D eigenvalue weighted by atomic mass is 79.9. The van der Waals surface area contributed by atoms with E-state index >= 15 is 0 Å². The zero-order chi connectivity index (χ0) is 8.97. The monoisotopic (exact) mass is 251 g/mol. The lowest BCUT2D eigenvalue weighted by Gasteiger charge is -2.13. The first kappa shape index (κ1) is 10.4. The van der Waals surface area contributed by atoms with Crippen LogP contribution in [0.15, 0.2) is 0 Å². The summed E-state index contributed by atoms with van der Waals surface area (Å²) in [5, 5.41) is 1.23. The van der Waals surface area contributed by atoms with Gasteiger partial charge < -0.3 is 4.90 Å². The quantitative estimate of drug-likeness (QED) is 0.564. The van der Waals surface area contributed by atoms with Crippen molar-refractivity contribution in [2.24, 2.45) is 0 Å². The molecule has 2 nitrogen and oxygen atoms in total. The molecular weight excluding hydrogens is 238 g/mol. The molecule has 1 aliphatic rings. The Labute approximate surface area is 86.2 Å². The van der Waals surface area contributed by atoms with Gasteiger partial charge in [-0.3, -0.25) is 4.79 Å². The second-order valence-electron chi connectivity index (χ2n) is 2.94. The molecule has 0 spiro atoms. The molecule has 0 aromatic rings. The van der Waals surface area contributed by atoms with Crippen LogP contribution in [0.25, 0.3) is 0 Å². The molecule has 1 fully saturated rings. The molecule has 1 unspecified atom stereocenters. The number of hydrogen-bond acceptors (Lipinski definition) is 2. The number of carbonyl (C=O) groups excluding carboxylic acids is 1. The summed E-state index contributed by atoms with van der Waals surface area (Å²) in [5.41, 5.74) is 0. The maximum atomic E-state index is 11.4. The van der Waals surface area contributed by atoms with Gasteiger partial charge in [0.15, 0.2) is 0 Å². The third kappa shape index (κ3) is 2.66. The van der Waals surface area contributed by atoms with E-state index < -0.39 is 0 Å². The number of rotatable bonds is 4. The van der Waals surface area contributed by atoms with Gasteiger partial charge in [0.25, 0.3) is 0 Å². The van der Waals surface area contributed by atoms with Gasteiger partial charge in [-0.1, -0.05) is 15.9 Å². The summed E-state index contributed by atoms with van der Waals surface area (Å²) in [6.45, 7) is 2.92. The lowest BCUT2D eigenvalue weighted by atomic mass is 10.3. The number of carbonyl (C=O) groups is 1. The highest BCUT2D eigenvalue weighted by molar-refractivity contribution is 9.09. The van der Waals surface area contributed by atoms with Gasteiger partial charge in [-0.2, -0.15) is 0 Å². The van der Waals surface area contributed by atoms with Gasteiger partial charge in [0.2, 0.25) is 5.91 Å². The standard InChI is InChI=1S/C8H14BrNOS/c1-7-8(11)10(6-12-7)5-3-2-4-9/h7H,2-6H2,1H3. The number of halogens is 1. The molecule has 0 saturated carbocycles. The van der Waals surface area contributed by atoms with Crippen LogP contribution < -0.4 is 0 Å². The molecule has 0 aromatic heterocycles. The van der Waals surface area contributed by atoms with Crippen molar-refractivity contribution in [1.82, 2.24) is 4.90 Å². The van der Waals surface area contributed by atoms with Crippen molar-refractivity contribution in [2.75, 3.05) is 17.8 Å². The predicted octanol–water partition coefficient (Wildman–Crippen LogP) is 2.08. The van der Waals surface area contributed by atoms with Crippen LogP contribution in [0.4, 0.5) is 0 Å². The van der Waals surface area contributed by atoms with E-state index in [4.69, 9.17) is 0 Å². The average Bonchev–Trinajstić information content (AvgIpc) is 2.36. The summed E-state index contributed by atoms with van der Waals surface area (Å²) < 4.78 is 0. The third-order valence-electron chi connectivity index (χ3n) is 1.95. The SMILES string of the molecule is CC1SCN(CCCCBr)C1=O. The van der Waals surface area contributed by atoms with Crippen molar-refractivity contribution in [2.45, 2.75) is 25.0 Å². The van der Waals surface area contributed by atoms with Crippen molar-refractivity contribution in [1.29, 1.82) is 0 Å². The lowest BCUT2D eigenvalue weighted by molar-refractivity contribution is -0.128. The topological polar surface area (TPSA) is 20.3 Å². The Morgan fingerprint density at radius 3 is 2.92 bits per heavy atom. The van der Waals surface area contributed by atoms with Crippen LogP contribution in [0.2, 0.25) is 0 Å². The Bertz CT molecular complexity index is 165. The Morgan fingerprint density at radius 1 is 1.67 bits per heavy atom. The van der Waals surface area contributed by atoms with Crippen LogP contribution >= 0.6 is 27.7 Å². The van der Waals surface area contributed by atoms with Gasteiger partial charge in [0, 0.05) is 11.9 Å². The maximum Gasteiger partial charge on any atom is 0.236 e. The van der Waals surface area contributed by atoms with E-state index in [0.29, 0.717) is 5.91 Å². The average molecular weight is 252 g/mol. The van der Waals surface area contributed by atoms with Crippen LogP contribution in [0.5, 0.6) is 0 Å². The smallest absolute Gasteiger partial charge is 0.236 e. The van der Waals surface area contributed by atoms with Gasteiger partial charge in [-0.05, 0) is 19.8 Å². The maximum absolute atomic E-state index is 11.4. The van der Waals surface area contributed by atoms with Crippen molar-refractivity contribution in [3.63, 3.8) is 0 Å². The summed E-state index contributed by atoms with van der Waals surface area (Å²) in [7, 11) is 0. The van der Waals surface area contributed by atoms with Gasteiger partial charge in [-0.15, -0.1) is 11.8 Å². The molecule has 1 saturated heterocycles. The molecule has 1 atom stereocenters. The van der Waals surface area contributed by atoms with Crippen LogP contribution in [-0.2, 0) is 4.79 Å². The van der Waals surface area contributed by atoms with Gasteiger partial charge in [-0.25, -0.2) is 0 Å². The Balaban J connectivity index is 2.20. The molecule has 1 heterocycles. The van der Waals surface area contributed by atoms with Crippen molar-refractivity contribution < 1.29 is 4.79 Å². The number of unbranched alkanes of at least 4 members (excludes halogenated alkanes) is 1.